The molecule has 4 rings (SSSR count). The molecule has 0 spiro atoms. The Bertz CT molecular complexity index is 1050. The third-order valence-electron chi connectivity index (χ3n) is 5.10. The molecule has 0 bridgehead atoms. The second kappa shape index (κ2) is 8.64. The summed E-state index contributed by atoms with van der Waals surface area (Å²) in [6.45, 7) is 0.605. The van der Waals surface area contributed by atoms with Gasteiger partial charge in [0.1, 0.15) is 17.6 Å². The van der Waals surface area contributed by atoms with E-state index in [0.29, 0.717) is 35.2 Å². The van der Waals surface area contributed by atoms with Crippen LogP contribution in [0.25, 0.3) is 11.3 Å². The van der Waals surface area contributed by atoms with Crippen LogP contribution < -0.4 is 5.32 Å². The number of aliphatic hydroxyl groups is 1. The third-order valence-corrected chi connectivity index (χ3v) is 5.45. The molecule has 0 unspecified atom stereocenters. The summed E-state index contributed by atoms with van der Waals surface area (Å²) in [7, 11) is 0. The minimum absolute atomic E-state index is 0.0511. The molecule has 1 saturated heterocycles. The maximum atomic E-state index is 11.6. The highest BCUT2D eigenvalue weighted by molar-refractivity contribution is 7.80. The average molecular weight is 423 g/mol. The highest BCUT2D eigenvalue weighted by atomic mass is 32.1. The first kappa shape index (κ1) is 20.1. The lowest BCUT2D eigenvalue weighted by molar-refractivity contribution is 0.0697. The van der Waals surface area contributed by atoms with E-state index in [1.54, 1.807) is 36.5 Å². The Morgan fingerprint density at radius 3 is 2.70 bits per heavy atom. The molecule has 154 valence electrons. The Labute approximate surface area is 179 Å². The van der Waals surface area contributed by atoms with E-state index in [1.807, 2.05) is 29.2 Å². The Hall–Kier alpha value is -3.23. The lowest BCUT2D eigenvalue weighted by Gasteiger charge is -2.25. The van der Waals surface area contributed by atoms with Gasteiger partial charge in [-0.1, -0.05) is 24.3 Å². The summed E-state index contributed by atoms with van der Waals surface area (Å²) in [6, 6.07) is 15.5. The van der Waals surface area contributed by atoms with Gasteiger partial charge in [-0.2, -0.15) is 0 Å². The first-order valence-electron chi connectivity index (χ1n) is 9.61. The molecule has 0 amide bonds. The lowest BCUT2D eigenvalue weighted by Crippen LogP contribution is -2.30. The molecule has 0 aliphatic carbocycles. The van der Waals surface area contributed by atoms with Crippen LogP contribution in [-0.2, 0) is 0 Å². The van der Waals surface area contributed by atoms with Gasteiger partial charge in [-0.3, -0.25) is 4.98 Å². The number of carboxylic acid groups (broad SMARTS) is 1. The van der Waals surface area contributed by atoms with Crippen LogP contribution in [0.1, 0.15) is 40.3 Å². The number of nitrogens with zero attached hydrogens (tertiary/aromatic N) is 2. The molecule has 1 aliphatic heterocycles. The molecule has 8 heteroatoms. The number of pyridine rings is 1. The van der Waals surface area contributed by atoms with Gasteiger partial charge in [0.2, 0.25) is 0 Å². The Kier molecular flexibility index (Phi) is 5.78. The predicted octanol–water partition coefficient (Wildman–Crippen LogP) is 3.39. The number of aromatic nitrogens is 1. The maximum Gasteiger partial charge on any atom is 0.336 e. The van der Waals surface area contributed by atoms with E-state index in [1.165, 1.54) is 0 Å². The molecule has 3 aromatic rings. The number of thiocarbonyl (C=S) groups is 1. The van der Waals surface area contributed by atoms with E-state index in [2.05, 4.69) is 10.3 Å². The molecular weight excluding hydrogens is 402 g/mol. The molecule has 3 heterocycles. The first-order valence-corrected chi connectivity index (χ1v) is 10.0. The summed E-state index contributed by atoms with van der Waals surface area (Å²) in [4.78, 5) is 18.1. The van der Waals surface area contributed by atoms with Crippen molar-refractivity contribution >= 4 is 23.3 Å². The summed E-state index contributed by atoms with van der Waals surface area (Å²) < 4.78 is 6.16. The number of aliphatic hydroxyl groups excluding tert-OH is 1. The van der Waals surface area contributed by atoms with Gasteiger partial charge in [-0.05, 0) is 49.0 Å². The zero-order valence-electron chi connectivity index (χ0n) is 16.1. The minimum Gasteiger partial charge on any atom is -0.478 e. The normalized spacial score (nSPS) is 18.4. The van der Waals surface area contributed by atoms with Crippen LogP contribution in [0, 0.1) is 0 Å². The fraction of sp³-hybridized carbons (Fsp3) is 0.227. The van der Waals surface area contributed by atoms with Crippen molar-refractivity contribution in [1.82, 2.24) is 15.2 Å². The van der Waals surface area contributed by atoms with Crippen LogP contribution in [-0.4, -0.2) is 44.3 Å². The van der Waals surface area contributed by atoms with Crippen molar-refractivity contribution in [1.29, 1.82) is 0 Å². The summed E-state index contributed by atoms with van der Waals surface area (Å²) in [5.41, 5.74) is 1.51. The zero-order valence-corrected chi connectivity index (χ0v) is 16.9. The SMILES string of the molecule is O=C(O)c1ccccc1-c1ccc([C@@H]2[C@H](c3ccccn3)NC(=S)N2CCCO)o1. The molecular formula is C22H21N3O4S. The number of rotatable bonds is 7. The topological polar surface area (TPSA) is 98.8 Å². The van der Waals surface area contributed by atoms with Crippen molar-refractivity contribution in [2.24, 2.45) is 0 Å². The molecule has 1 aliphatic rings. The summed E-state index contributed by atoms with van der Waals surface area (Å²) in [6.07, 6.45) is 2.28. The second-order valence-corrected chi connectivity index (χ2v) is 7.34. The van der Waals surface area contributed by atoms with Gasteiger partial charge in [0.25, 0.3) is 0 Å². The van der Waals surface area contributed by atoms with Gasteiger partial charge in [0, 0.05) is 24.9 Å². The Morgan fingerprint density at radius 2 is 1.97 bits per heavy atom. The Morgan fingerprint density at radius 1 is 1.17 bits per heavy atom. The highest BCUT2D eigenvalue weighted by Gasteiger charge is 2.41. The Balaban J connectivity index is 1.74. The zero-order chi connectivity index (χ0) is 21.1. The van der Waals surface area contributed by atoms with Crippen LogP contribution in [0.4, 0.5) is 0 Å². The standard InChI is InChI=1S/C22H21N3O4S/c26-13-5-12-25-20(19(24-22(25)30)16-8-3-4-11-23-16)18-10-9-17(29-18)14-6-1-2-7-15(14)21(27)28/h1-4,6-11,19-20,26H,5,12-13H2,(H,24,30)(H,27,28)/t19-,20+/m0/s1. The van der Waals surface area contributed by atoms with Crippen LogP contribution >= 0.6 is 12.2 Å². The predicted molar refractivity (Wildman–Crippen MR) is 115 cm³/mol. The van der Waals surface area contributed by atoms with Crippen LogP contribution in [0.5, 0.6) is 0 Å². The second-order valence-electron chi connectivity index (χ2n) is 6.95. The van der Waals surface area contributed by atoms with E-state index in [4.69, 9.17) is 16.6 Å². The number of benzene rings is 1. The molecule has 0 radical (unpaired) electrons. The minimum atomic E-state index is -1.01. The van der Waals surface area contributed by atoms with Crippen molar-refractivity contribution in [2.75, 3.05) is 13.2 Å². The fourth-order valence-corrected chi connectivity index (χ4v) is 4.07. The maximum absolute atomic E-state index is 11.6. The van der Waals surface area contributed by atoms with E-state index in [9.17, 15) is 15.0 Å². The van der Waals surface area contributed by atoms with Gasteiger partial charge < -0.3 is 24.8 Å². The molecule has 0 saturated carbocycles. The largest absolute Gasteiger partial charge is 0.478 e. The summed E-state index contributed by atoms with van der Waals surface area (Å²) in [5.74, 6) is 0.108. The molecule has 7 nitrogen and oxygen atoms in total. The van der Waals surface area contributed by atoms with Crippen LogP contribution in [0.2, 0.25) is 0 Å². The fourth-order valence-electron chi connectivity index (χ4n) is 3.74. The number of aromatic carboxylic acids is 1. The quantitative estimate of drug-likeness (QED) is 0.498. The van der Waals surface area contributed by atoms with Crippen molar-refractivity contribution < 1.29 is 19.4 Å². The molecule has 30 heavy (non-hydrogen) atoms. The highest BCUT2D eigenvalue weighted by Crippen LogP contribution is 2.40. The molecule has 3 N–H and O–H groups in total. The van der Waals surface area contributed by atoms with Crippen molar-refractivity contribution in [3.8, 4) is 11.3 Å². The lowest BCUT2D eigenvalue weighted by atomic mass is 10.0. The monoisotopic (exact) mass is 423 g/mol. The van der Waals surface area contributed by atoms with E-state index in [-0.39, 0.29) is 24.3 Å². The van der Waals surface area contributed by atoms with Crippen molar-refractivity contribution in [3.63, 3.8) is 0 Å². The van der Waals surface area contributed by atoms with Crippen LogP contribution in [0.3, 0.4) is 0 Å². The van der Waals surface area contributed by atoms with Gasteiger partial charge in [0.15, 0.2) is 5.11 Å². The van der Waals surface area contributed by atoms with Gasteiger partial charge in [0.05, 0.1) is 17.3 Å². The number of furan rings is 1. The number of carbonyl (C=O) groups is 1. The van der Waals surface area contributed by atoms with Crippen molar-refractivity contribution in [3.05, 3.63) is 77.8 Å². The first-order chi connectivity index (χ1) is 14.6. The molecule has 1 aromatic carbocycles. The van der Waals surface area contributed by atoms with E-state index < -0.39 is 5.97 Å². The third kappa shape index (κ3) is 3.79. The molecule has 2 aromatic heterocycles. The van der Waals surface area contributed by atoms with Gasteiger partial charge in [-0.25, -0.2) is 4.79 Å². The summed E-state index contributed by atoms with van der Waals surface area (Å²) in [5, 5.41) is 22.7. The molecule has 2 atom stereocenters. The molecule has 1 fully saturated rings. The summed E-state index contributed by atoms with van der Waals surface area (Å²) >= 11 is 5.55. The van der Waals surface area contributed by atoms with Crippen LogP contribution in [0.15, 0.2) is 65.2 Å². The van der Waals surface area contributed by atoms with Gasteiger partial charge in [-0.15, -0.1) is 0 Å². The number of carboxylic acids is 1. The van der Waals surface area contributed by atoms with E-state index >= 15 is 0 Å². The number of nitrogens with one attached hydrogen (secondary N) is 1. The average Bonchev–Trinajstić information content (AvgIpc) is 3.37. The van der Waals surface area contributed by atoms with Gasteiger partial charge >= 0.3 is 5.97 Å². The number of hydrogen-bond donors (Lipinski definition) is 3. The smallest absolute Gasteiger partial charge is 0.336 e. The van der Waals surface area contributed by atoms with Crippen molar-refractivity contribution in [2.45, 2.75) is 18.5 Å². The number of hydrogen-bond acceptors (Lipinski definition) is 5. The van der Waals surface area contributed by atoms with E-state index in [0.717, 1.165) is 5.69 Å².